The van der Waals surface area contributed by atoms with Crippen LogP contribution in [0, 0.1) is 5.92 Å². The predicted octanol–water partition coefficient (Wildman–Crippen LogP) is 0.299. The summed E-state index contributed by atoms with van der Waals surface area (Å²) in [6, 6.07) is 0. The molecular formula is C10H22N2O. The van der Waals surface area contributed by atoms with E-state index in [1.54, 1.807) is 0 Å². The predicted molar refractivity (Wildman–Crippen MR) is 54.8 cm³/mol. The molecule has 0 amide bonds. The van der Waals surface area contributed by atoms with Gasteiger partial charge in [-0.25, -0.2) is 0 Å². The van der Waals surface area contributed by atoms with Crippen molar-refractivity contribution in [3.05, 3.63) is 0 Å². The number of β-amino-alcohol motifs (C(OH)–C–C–N with tert-alkyl or cyclic N) is 1. The fraction of sp³-hybridized carbons (Fsp3) is 1.00. The zero-order valence-electron chi connectivity index (χ0n) is 8.79. The van der Waals surface area contributed by atoms with E-state index in [9.17, 15) is 5.11 Å². The van der Waals surface area contributed by atoms with Crippen molar-refractivity contribution in [2.24, 2.45) is 5.92 Å². The molecule has 1 fully saturated rings. The Labute approximate surface area is 81.1 Å². The maximum absolute atomic E-state index is 9.26. The van der Waals surface area contributed by atoms with Crippen molar-refractivity contribution >= 4 is 0 Å². The molecule has 1 aliphatic rings. The lowest BCUT2D eigenvalue weighted by molar-refractivity contribution is 0.0949. The Hall–Kier alpha value is -0.120. The van der Waals surface area contributed by atoms with Gasteiger partial charge in [0.15, 0.2) is 0 Å². The summed E-state index contributed by atoms with van der Waals surface area (Å²) in [4.78, 5) is 2.37. The second-order valence-electron chi connectivity index (χ2n) is 4.17. The van der Waals surface area contributed by atoms with E-state index in [1.807, 2.05) is 14.0 Å². The highest BCUT2D eigenvalue weighted by Crippen LogP contribution is 2.15. The number of piperidine rings is 1. The molecule has 1 unspecified atom stereocenters. The molecule has 3 heteroatoms. The highest BCUT2D eigenvalue weighted by molar-refractivity contribution is 4.74. The second-order valence-corrected chi connectivity index (χ2v) is 4.17. The van der Waals surface area contributed by atoms with Crippen molar-refractivity contribution < 1.29 is 5.11 Å². The molecule has 13 heavy (non-hydrogen) atoms. The van der Waals surface area contributed by atoms with Gasteiger partial charge >= 0.3 is 0 Å². The minimum absolute atomic E-state index is 0.187. The molecule has 0 aromatic carbocycles. The number of aliphatic hydroxyl groups is 1. The fourth-order valence-corrected chi connectivity index (χ4v) is 2.15. The van der Waals surface area contributed by atoms with Gasteiger partial charge in [0.25, 0.3) is 0 Å². The molecule has 0 aromatic rings. The number of aliphatic hydroxyl groups excluding tert-OH is 1. The number of likely N-dealkylation sites (tertiary alicyclic amines) is 1. The zero-order chi connectivity index (χ0) is 9.68. The molecule has 0 radical (unpaired) electrons. The van der Waals surface area contributed by atoms with Gasteiger partial charge in [0.05, 0.1) is 6.10 Å². The first-order valence-corrected chi connectivity index (χ1v) is 5.27. The molecule has 0 saturated carbocycles. The zero-order valence-corrected chi connectivity index (χ0v) is 8.79. The smallest absolute Gasteiger partial charge is 0.0639 e. The molecule has 1 heterocycles. The Morgan fingerprint density at radius 3 is 3.00 bits per heavy atom. The van der Waals surface area contributed by atoms with E-state index >= 15 is 0 Å². The first kappa shape index (κ1) is 11.0. The molecular weight excluding hydrogens is 164 g/mol. The lowest BCUT2D eigenvalue weighted by Gasteiger charge is -2.33. The van der Waals surface area contributed by atoms with Crippen LogP contribution in [0.15, 0.2) is 0 Å². The number of nitrogens with one attached hydrogen (secondary N) is 1. The molecule has 0 spiro atoms. The van der Waals surface area contributed by atoms with Gasteiger partial charge in [-0.15, -0.1) is 0 Å². The van der Waals surface area contributed by atoms with Crippen molar-refractivity contribution in [2.75, 3.05) is 33.2 Å². The van der Waals surface area contributed by atoms with Crippen molar-refractivity contribution in [1.29, 1.82) is 0 Å². The van der Waals surface area contributed by atoms with E-state index in [0.29, 0.717) is 0 Å². The third-order valence-electron chi connectivity index (χ3n) is 2.62. The Bertz CT molecular complexity index is 137. The molecule has 2 N–H and O–H groups in total. The summed E-state index contributed by atoms with van der Waals surface area (Å²) in [5.41, 5.74) is 0. The van der Waals surface area contributed by atoms with Gasteiger partial charge < -0.3 is 15.3 Å². The molecule has 0 bridgehead atoms. The second kappa shape index (κ2) is 5.58. The molecule has 0 aromatic heterocycles. The van der Waals surface area contributed by atoms with Crippen LogP contribution in [0.5, 0.6) is 0 Å². The van der Waals surface area contributed by atoms with Crippen molar-refractivity contribution in [3.8, 4) is 0 Å². The summed E-state index contributed by atoms with van der Waals surface area (Å²) in [5.74, 6) is 0.775. The SMILES string of the molecule is CNCC1CCCN(C[C@@H](C)O)C1. The number of hydrogen-bond donors (Lipinski definition) is 2. The Balaban J connectivity index is 2.24. The average Bonchev–Trinajstić information content (AvgIpc) is 2.04. The van der Waals surface area contributed by atoms with E-state index in [4.69, 9.17) is 0 Å². The van der Waals surface area contributed by atoms with E-state index in [0.717, 1.165) is 32.1 Å². The summed E-state index contributed by atoms with van der Waals surface area (Å²) in [6.07, 6.45) is 2.42. The van der Waals surface area contributed by atoms with Gasteiger partial charge in [-0.2, -0.15) is 0 Å². The molecule has 1 rings (SSSR count). The van der Waals surface area contributed by atoms with Gasteiger partial charge in [-0.3, -0.25) is 0 Å². The molecule has 1 aliphatic heterocycles. The maximum Gasteiger partial charge on any atom is 0.0639 e. The number of nitrogens with zero attached hydrogens (tertiary/aromatic N) is 1. The van der Waals surface area contributed by atoms with E-state index in [-0.39, 0.29) is 6.10 Å². The van der Waals surface area contributed by atoms with Crippen LogP contribution in [0.4, 0.5) is 0 Å². The Kier molecular flexibility index (Phi) is 4.70. The lowest BCUT2D eigenvalue weighted by Crippen LogP contribution is -2.41. The van der Waals surface area contributed by atoms with Gasteiger partial charge in [0.1, 0.15) is 0 Å². The van der Waals surface area contributed by atoms with Crippen LogP contribution in [0.1, 0.15) is 19.8 Å². The summed E-state index contributed by atoms with van der Waals surface area (Å²) in [5, 5.41) is 12.5. The molecule has 0 aliphatic carbocycles. The maximum atomic E-state index is 9.26. The molecule has 1 saturated heterocycles. The summed E-state index contributed by atoms with van der Waals surface area (Å²) >= 11 is 0. The van der Waals surface area contributed by atoms with Crippen LogP contribution in [-0.4, -0.2) is 49.3 Å². The van der Waals surface area contributed by atoms with Crippen LogP contribution < -0.4 is 5.32 Å². The topological polar surface area (TPSA) is 35.5 Å². The third-order valence-corrected chi connectivity index (χ3v) is 2.62. The summed E-state index contributed by atoms with van der Waals surface area (Å²) in [7, 11) is 2.01. The molecule has 3 nitrogen and oxygen atoms in total. The largest absolute Gasteiger partial charge is 0.392 e. The van der Waals surface area contributed by atoms with E-state index in [2.05, 4.69) is 10.2 Å². The number of rotatable bonds is 4. The average molecular weight is 186 g/mol. The van der Waals surface area contributed by atoms with Crippen LogP contribution >= 0.6 is 0 Å². The number of hydrogen-bond acceptors (Lipinski definition) is 3. The standard InChI is InChI=1S/C10H22N2O/c1-9(13)7-12-5-3-4-10(8-12)6-11-2/h9-11,13H,3-8H2,1-2H3/t9-,10?/m1/s1. The normalized spacial score (nSPS) is 27.5. The van der Waals surface area contributed by atoms with Crippen LogP contribution in [0.3, 0.4) is 0 Å². The van der Waals surface area contributed by atoms with Crippen molar-refractivity contribution in [3.63, 3.8) is 0 Å². The van der Waals surface area contributed by atoms with Crippen molar-refractivity contribution in [1.82, 2.24) is 10.2 Å². The highest BCUT2D eigenvalue weighted by Gasteiger charge is 2.19. The van der Waals surface area contributed by atoms with Crippen LogP contribution in [-0.2, 0) is 0 Å². The summed E-state index contributed by atoms with van der Waals surface area (Å²) in [6.45, 7) is 6.11. The monoisotopic (exact) mass is 186 g/mol. The van der Waals surface area contributed by atoms with Crippen LogP contribution in [0.2, 0.25) is 0 Å². The lowest BCUT2D eigenvalue weighted by atomic mass is 9.98. The minimum atomic E-state index is -0.187. The quantitative estimate of drug-likeness (QED) is 0.663. The first-order chi connectivity index (χ1) is 6.22. The third kappa shape index (κ3) is 4.07. The summed E-state index contributed by atoms with van der Waals surface area (Å²) < 4.78 is 0. The first-order valence-electron chi connectivity index (χ1n) is 5.27. The highest BCUT2D eigenvalue weighted by atomic mass is 16.3. The van der Waals surface area contributed by atoms with Gasteiger partial charge in [0.2, 0.25) is 0 Å². The van der Waals surface area contributed by atoms with Gasteiger partial charge in [-0.05, 0) is 45.8 Å². The van der Waals surface area contributed by atoms with E-state index in [1.165, 1.54) is 12.8 Å². The van der Waals surface area contributed by atoms with E-state index < -0.39 is 0 Å². The molecule has 2 atom stereocenters. The van der Waals surface area contributed by atoms with Crippen LogP contribution in [0.25, 0.3) is 0 Å². The Morgan fingerprint density at radius 2 is 2.38 bits per heavy atom. The minimum Gasteiger partial charge on any atom is -0.392 e. The van der Waals surface area contributed by atoms with Gasteiger partial charge in [0, 0.05) is 13.1 Å². The fourth-order valence-electron chi connectivity index (χ4n) is 2.15. The Morgan fingerprint density at radius 1 is 1.62 bits per heavy atom. The van der Waals surface area contributed by atoms with Gasteiger partial charge in [-0.1, -0.05) is 0 Å². The van der Waals surface area contributed by atoms with Crippen molar-refractivity contribution in [2.45, 2.75) is 25.9 Å². The molecule has 78 valence electrons.